The minimum atomic E-state index is -1.00. The van der Waals surface area contributed by atoms with Gasteiger partial charge in [0, 0.05) is 17.9 Å². The van der Waals surface area contributed by atoms with Crippen molar-refractivity contribution < 1.29 is 19.4 Å². The monoisotopic (exact) mass is 279 g/mol. The lowest BCUT2D eigenvalue weighted by Gasteiger charge is -2.06. The van der Waals surface area contributed by atoms with Gasteiger partial charge in [-0.15, -0.1) is 11.3 Å². The molecule has 0 radical (unpaired) electrons. The summed E-state index contributed by atoms with van der Waals surface area (Å²) >= 11 is 1.32. The lowest BCUT2D eigenvalue weighted by Crippen LogP contribution is -2.02. The third-order valence-corrected chi connectivity index (χ3v) is 3.31. The molecule has 1 aromatic heterocycles. The summed E-state index contributed by atoms with van der Waals surface area (Å²) in [4.78, 5) is 14.7. The van der Waals surface area contributed by atoms with E-state index in [4.69, 9.17) is 14.6 Å². The van der Waals surface area contributed by atoms with Crippen LogP contribution in [0.5, 0.6) is 11.5 Å². The van der Waals surface area contributed by atoms with Gasteiger partial charge in [-0.2, -0.15) is 0 Å². The molecule has 0 saturated heterocycles. The maximum atomic E-state index is 10.7. The Hall–Kier alpha value is -2.08. The van der Waals surface area contributed by atoms with Crippen LogP contribution in [0, 0.1) is 0 Å². The Morgan fingerprint density at radius 1 is 1.42 bits per heavy atom. The Bertz CT molecular complexity index is 567. The molecule has 100 valence electrons. The van der Waals surface area contributed by atoms with E-state index >= 15 is 0 Å². The second-order valence-corrected chi connectivity index (χ2v) is 4.65. The molecule has 1 N–H and O–H groups in total. The SMILES string of the molecule is COc1cccc(OCCc2nc(C(=O)O)cs2)c1. The van der Waals surface area contributed by atoms with Crippen LogP contribution in [0.4, 0.5) is 0 Å². The van der Waals surface area contributed by atoms with Gasteiger partial charge in [-0.1, -0.05) is 6.07 Å². The van der Waals surface area contributed by atoms with E-state index in [0.717, 1.165) is 16.5 Å². The van der Waals surface area contributed by atoms with Crippen molar-refractivity contribution in [2.75, 3.05) is 13.7 Å². The molecule has 2 aromatic rings. The van der Waals surface area contributed by atoms with Gasteiger partial charge in [0.1, 0.15) is 11.5 Å². The first kappa shape index (κ1) is 13.4. The summed E-state index contributed by atoms with van der Waals surface area (Å²) in [5.41, 5.74) is 0.0846. The summed E-state index contributed by atoms with van der Waals surface area (Å²) in [6.07, 6.45) is 0.579. The molecule has 0 atom stereocenters. The Kier molecular flexibility index (Phi) is 4.35. The molecule has 0 amide bonds. The molecule has 0 aliphatic rings. The molecule has 5 nitrogen and oxygen atoms in total. The molecule has 0 unspecified atom stereocenters. The molecule has 0 spiro atoms. The van der Waals surface area contributed by atoms with Crippen LogP contribution in [0.2, 0.25) is 0 Å². The van der Waals surface area contributed by atoms with E-state index in [1.165, 1.54) is 16.7 Å². The maximum Gasteiger partial charge on any atom is 0.355 e. The molecule has 0 aliphatic heterocycles. The second-order valence-electron chi connectivity index (χ2n) is 3.71. The van der Waals surface area contributed by atoms with Crippen molar-refractivity contribution in [2.24, 2.45) is 0 Å². The zero-order valence-electron chi connectivity index (χ0n) is 10.3. The summed E-state index contributed by atoms with van der Waals surface area (Å²) in [6, 6.07) is 7.32. The van der Waals surface area contributed by atoms with Crippen molar-refractivity contribution in [3.63, 3.8) is 0 Å². The molecular formula is C13H13NO4S. The number of carboxylic acids is 1. The lowest BCUT2D eigenvalue weighted by atomic mass is 10.3. The fourth-order valence-electron chi connectivity index (χ4n) is 1.47. The number of hydrogen-bond acceptors (Lipinski definition) is 5. The summed E-state index contributed by atoms with van der Waals surface area (Å²) in [6.45, 7) is 0.444. The molecular weight excluding hydrogens is 266 g/mol. The normalized spacial score (nSPS) is 10.2. The van der Waals surface area contributed by atoms with Gasteiger partial charge < -0.3 is 14.6 Å². The van der Waals surface area contributed by atoms with Crippen molar-refractivity contribution in [3.05, 3.63) is 40.3 Å². The molecule has 2 rings (SSSR count). The number of ether oxygens (including phenoxy) is 2. The van der Waals surface area contributed by atoms with Crippen LogP contribution >= 0.6 is 11.3 Å². The minimum absolute atomic E-state index is 0.0846. The van der Waals surface area contributed by atoms with E-state index in [2.05, 4.69) is 4.98 Å². The van der Waals surface area contributed by atoms with Gasteiger partial charge in [-0.25, -0.2) is 9.78 Å². The van der Waals surface area contributed by atoms with Crippen LogP contribution in [0.25, 0.3) is 0 Å². The van der Waals surface area contributed by atoms with Crippen molar-refractivity contribution in [1.29, 1.82) is 0 Å². The third kappa shape index (κ3) is 3.69. The summed E-state index contributed by atoms with van der Waals surface area (Å²) < 4.78 is 10.7. The number of carboxylic acid groups (broad SMARTS) is 1. The highest BCUT2D eigenvalue weighted by Crippen LogP contribution is 2.19. The molecule has 19 heavy (non-hydrogen) atoms. The zero-order chi connectivity index (χ0) is 13.7. The number of aromatic nitrogens is 1. The fraction of sp³-hybridized carbons (Fsp3) is 0.231. The smallest absolute Gasteiger partial charge is 0.355 e. The van der Waals surface area contributed by atoms with E-state index in [1.54, 1.807) is 13.2 Å². The molecule has 1 aromatic carbocycles. The van der Waals surface area contributed by atoms with Gasteiger partial charge in [0.2, 0.25) is 0 Å². The first-order valence-corrected chi connectivity index (χ1v) is 6.51. The van der Waals surface area contributed by atoms with Crippen molar-refractivity contribution in [2.45, 2.75) is 6.42 Å². The summed E-state index contributed by atoms with van der Waals surface area (Å²) in [5.74, 6) is 0.450. The van der Waals surface area contributed by atoms with Crippen molar-refractivity contribution in [3.8, 4) is 11.5 Å². The number of hydrogen-bond donors (Lipinski definition) is 1. The molecule has 1 heterocycles. The highest BCUT2D eigenvalue weighted by Gasteiger charge is 2.08. The van der Waals surface area contributed by atoms with E-state index < -0.39 is 5.97 Å². The van der Waals surface area contributed by atoms with Crippen molar-refractivity contribution in [1.82, 2.24) is 4.98 Å². The highest BCUT2D eigenvalue weighted by atomic mass is 32.1. The van der Waals surface area contributed by atoms with Gasteiger partial charge in [-0.3, -0.25) is 0 Å². The number of nitrogens with zero attached hydrogens (tertiary/aromatic N) is 1. The molecule has 0 fully saturated rings. The zero-order valence-corrected chi connectivity index (χ0v) is 11.1. The Morgan fingerprint density at radius 3 is 2.89 bits per heavy atom. The topological polar surface area (TPSA) is 68.7 Å². The number of benzene rings is 1. The quantitative estimate of drug-likeness (QED) is 0.879. The number of carbonyl (C=O) groups is 1. The summed E-state index contributed by atoms with van der Waals surface area (Å²) in [5, 5.41) is 11.0. The largest absolute Gasteiger partial charge is 0.497 e. The number of thiazole rings is 1. The highest BCUT2D eigenvalue weighted by molar-refractivity contribution is 7.09. The van der Waals surface area contributed by atoms with Crippen LogP contribution in [-0.2, 0) is 6.42 Å². The molecule has 0 saturated carbocycles. The lowest BCUT2D eigenvalue weighted by molar-refractivity contribution is 0.0691. The van der Waals surface area contributed by atoms with Crippen LogP contribution in [-0.4, -0.2) is 29.8 Å². The van der Waals surface area contributed by atoms with E-state index in [9.17, 15) is 4.79 Å². The second kappa shape index (κ2) is 6.19. The average molecular weight is 279 g/mol. The maximum absolute atomic E-state index is 10.7. The van der Waals surface area contributed by atoms with Crippen LogP contribution in [0.15, 0.2) is 29.6 Å². The van der Waals surface area contributed by atoms with E-state index in [0.29, 0.717) is 13.0 Å². The standard InChI is InChI=1S/C13H13NO4S/c1-17-9-3-2-4-10(7-9)18-6-5-12-14-11(8-19-12)13(15)16/h2-4,7-8H,5-6H2,1H3,(H,15,16). The molecule has 0 aliphatic carbocycles. The molecule has 6 heteroatoms. The Balaban J connectivity index is 1.86. The van der Waals surface area contributed by atoms with Crippen LogP contribution in [0.1, 0.15) is 15.5 Å². The third-order valence-electron chi connectivity index (χ3n) is 2.40. The summed E-state index contributed by atoms with van der Waals surface area (Å²) in [7, 11) is 1.60. The average Bonchev–Trinajstić information content (AvgIpc) is 2.88. The van der Waals surface area contributed by atoms with E-state index in [1.807, 2.05) is 18.2 Å². The predicted molar refractivity (Wildman–Crippen MR) is 71.3 cm³/mol. The fourth-order valence-corrected chi connectivity index (χ4v) is 2.22. The van der Waals surface area contributed by atoms with Gasteiger partial charge in [0.25, 0.3) is 0 Å². The van der Waals surface area contributed by atoms with Gasteiger partial charge in [0.15, 0.2) is 5.69 Å². The van der Waals surface area contributed by atoms with Crippen LogP contribution < -0.4 is 9.47 Å². The minimum Gasteiger partial charge on any atom is -0.497 e. The predicted octanol–water partition coefficient (Wildman–Crippen LogP) is 2.47. The number of aromatic carboxylic acids is 1. The first-order chi connectivity index (χ1) is 9.19. The van der Waals surface area contributed by atoms with Gasteiger partial charge in [0.05, 0.1) is 18.7 Å². The van der Waals surface area contributed by atoms with Crippen LogP contribution in [0.3, 0.4) is 0 Å². The molecule has 0 bridgehead atoms. The first-order valence-electron chi connectivity index (χ1n) is 5.63. The van der Waals surface area contributed by atoms with Gasteiger partial charge >= 0.3 is 5.97 Å². The number of rotatable bonds is 6. The van der Waals surface area contributed by atoms with E-state index in [-0.39, 0.29) is 5.69 Å². The van der Waals surface area contributed by atoms with Gasteiger partial charge in [-0.05, 0) is 12.1 Å². The Labute approximate surface area is 114 Å². The number of methoxy groups -OCH3 is 1. The van der Waals surface area contributed by atoms with Crippen molar-refractivity contribution >= 4 is 17.3 Å². The Morgan fingerprint density at radius 2 is 2.21 bits per heavy atom.